The molecular formula is C26H34N8O. The van der Waals surface area contributed by atoms with Gasteiger partial charge in [0.25, 0.3) is 5.91 Å². The SMILES string of the molecule is CNCc1nc(N2CCC[C@H]2C)cc2c1CN(c1cccc(-c3nnc(C)n3CC(C)C)n1)C2=O. The van der Waals surface area contributed by atoms with Crippen LogP contribution in [0.25, 0.3) is 11.5 Å². The van der Waals surface area contributed by atoms with Gasteiger partial charge in [0.1, 0.15) is 23.2 Å². The quantitative estimate of drug-likeness (QED) is 0.560. The monoisotopic (exact) mass is 474 g/mol. The fraction of sp³-hybridized carbons (Fsp3) is 0.500. The molecule has 1 amide bonds. The highest BCUT2D eigenvalue weighted by Crippen LogP contribution is 2.34. The van der Waals surface area contributed by atoms with Gasteiger partial charge in [0.2, 0.25) is 0 Å². The third-order valence-corrected chi connectivity index (χ3v) is 6.90. The molecule has 5 rings (SSSR count). The number of nitrogens with one attached hydrogen (secondary N) is 1. The molecular weight excluding hydrogens is 440 g/mol. The van der Waals surface area contributed by atoms with Crippen molar-refractivity contribution in [2.75, 3.05) is 23.4 Å². The summed E-state index contributed by atoms with van der Waals surface area (Å²) >= 11 is 0. The summed E-state index contributed by atoms with van der Waals surface area (Å²) in [6, 6.07) is 8.16. The number of pyridine rings is 2. The third kappa shape index (κ3) is 4.29. The summed E-state index contributed by atoms with van der Waals surface area (Å²) in [7, 11) is 1.91. The lowest BCUT2D eigenvalue weighted by Gasteiger charge is -2.24. The highest BCUT2D eigenvalue weighted by molar-refractivity contribution is 6.10. The average Bonchev–Trinajstić information content (AvgIpc) is 3.52. The van der Waals surface area contributed by atoms with Crippen molar-refractivity contribution in [2.24, 2.45) is 5.92 Å². The van der Waals surface area contributed by atoms with Crippen molar-refractivity contribution in [3.05, 3.63) is 46.9 Å². The van der Waals surface area contributed by atoms with Gasteiger partial charge in [0, 0.05) is 31.2 Å². The van der Waals surface area contributed by atoms with E-state index in [1.165, 1.54) is 0 Å². The van der Waals surface area contributed by atoms with E-state index in [9.17, 15) is 4.79 Å². The fourth-order valence-electron chi connectivity index (χ4n) is 5.12. The second kappa shape index (κ2) is 9.37. The van der Waals surface area contributed by atoms with E-state index in [4.69, 9.17) is 9.97 Å². The molecule has 0 unspecified atom stereocenters. The first-order valence-corrected chi connectivity index (χ1v) is 12.5. The fourth-order valence-corrected chi connectivity index (χ4v) is 5.12. The molecule has 0 aliphatic carbocycles. The minimum Gasteiger partial charge on any atom is -0.354 e. The number of nitrogens with zero attached hydrogens (tertiary/aromatic N) is 7. The van der Waals surface area contributed by atoms with Gasteiger partial charge in [0.05, 0.1) is 17.8 Å². The standard InChI is InChI=1S/C26H34N8O/c1-16(2)14-33-18(4)30-31-25(33)21-9-6-10-23(28-21)34-15-20-19(26(34)35)12-24(29-22(20)13-27-5)32-11-7-8-17(32)3/h6,9-10,12,16-17,27H,7-8,11,13-15H2,1-5H3/t17-/m1/s1. The molecule has 0 spiro atoms. The highest BCUT2D eigenvalue weighted by Gasteiger charge is 2.34. The largest absolute Gasteiger partial charge is 0.354 e. The smallest absolute Gasteiger partial charge is 0.260 e. The summed E-state index contributed by atoms with van der Waals surface area (Å²) in [5, 5.41) is 11.9. The summed E-state index contributed by atoms with van der Waals surface area (Å²) in [5.41, 5.74) is 3.35. The summed E-state index contributed by atoms with van der Waals surface area (Å²) in [5.74, 6) is 3.52. The van der Waals surface area contributed by atoms with E-state index >= 15 is 0 Å². The van der Waals surface area contributed by atoms with E-state index in [0.717, 1.165) is 60.2 Å². The number of anilines is 2. The molecule has 1 N–H and O–H groups in total. The van der Waals surface area contributed by atoms with Crippen molar-refractivity contribution >= 4 is 17.5 Å². The van der Waals surface area contributed by atoms with Gasteiger partial charge in [-0.15, -0.1) is 10.2 Å². The molecule has 2 aliphatic rings. The van der Waals surface area contributed by atoms with E-state index in [-0.39, 0.29) is 5.91 Å². The number of hydrogen-bond acceptors (Lipinski definition) is 7. The molecule has 1 saturated heterocycles. The van der Waals surface area contributed by atoms with Crippen molar-refractivity contribution in [3.63, 3.8) is 0 Å². The van der Waals surface area contributed by atoms with E-state index in [1.807, 2.05) is 38.2 Å². The van der Waals surface area contributed by atoms with Crippen molar-refractivity contribution < 1.29 is 4.79 Å². The van der Waals surface area contributed by atoms with Gasteiger partial charge in [-0.2, -0.15) is 0 Å². The lowest BCUT2D eigenvalue weighted by atomic mass is 10.1. The van der Waals surface area contributed by atoms with E-state index < -0.39 is 0 Å². The number of hydrogen-bond donors (Lipinski definition) is 1. The number of aromatic nitrogens is 5. The van der Waals surface area contributed by atoms with Gasteiger partial charge >= 0.3 is 0 Å². The first-order chi connectivity index (χ1) is 16.9. The zero-order valence-corrected chi connectivity index (χ0v) is 21.2. The Morgan fingerprint density at radius 2 is 2.00 bits per heavy atom. The molecule has 3 aromatic rings. The minimum atomic E-state index is -0.0302. The first-order valence-electron chi connectivity index (χ1n) is 12.5. The molecule has 0 bridgehead atoms. The van der Waals surface area contributed by atoms with Crippen LogP contribution >= 0.6 is 0 Å². The Morgan fingerprint density at radius 1 is 1.17 bits per heavy atom. The number of rotatable bonds is 7. The molecule has 184 valence electrons. The zero-order chi connectivity index (χ0) is 24.7. The van der Waals surface area contributed by atoms with Crippen molar-refractivity contribution in [1.82, 2.24) is 30.0 Å². The Morgan fingerprint density at radius 3 is 2.71 bits per heavy atom. The van der Waals surface area contributed by atoms with Crippen LogP contribution in [0.5, 0.6) is 0 Å². The van der Waals surface area contributed by atoms with Gasteiger partial charge in [-0.05, 0) is 57.9 Å². The third-order valence-electron chi connectivity index (χ3n) is 6.90. The van der Waals surface area contributed by atoms with Crippen LogP contribution in [-0.2, 0) is 19.6 Å². The molecule has 35 heavy (non-hydrogen) atoms. The molecule has 0 radical (unpaired) electrons. The Hall–Kier alpha value is -3.33. The van der Waals surface area contributed by atoms with Crippen LogP contribution in [0.4, 0.5) is 11.6 Å². The summed E-state index contributed by atoms with van der Waals surface area (Å²) < 4.78 is 2.09. The van der Waals surface area contributed by atoms with Gasteiger partial charge in [-0.25, -0.2) is 9.97 Å². The number of amides is 1. The lowest BCUT2D eigenvalue weighted by Crippen LogP contribution is -2.28. The Balaban J connectivity index is 1.50. The van der Waals surface area contributed by atoms with Gasteiger partial charge in [0.15, 0.2) is 5.82 Å². The zero-order valence-electron chi connectivity index (χ0n) is 21.2. The van der Waals surface area contributed by atoms with E-state index in [2.05, 4.69) is 45.8 Å². The average molecular weight is 475 g/mol. The van der Waals surface area contributed by atoms with Gasteiger partial charge in [-0.3, -0.25) is 9.69 Å². The molecule has 9 nitrogen and oxygen atoms in total. The molecule has 2 aliphatic heterocycles. The maximum Gasteiger partial charge on any atom is 0.260 e. The number of aryl methyl sites for hydroxylation is 1. The van der Waals surface area contributed by atoms with Gasteiger partial charge in [-0.1, -0.05) is 19.9 Å². The molecule has 0 aromatic carbocycles. The minimum absolute atomic E-state index is 0.0302. The number of carbonyl (C=O) groups is 1. The van der Waals surface area contributed by atoms with E-state index in [1.54, 1.807) is 4.90 Å². The van der Waals surface area contributed by atoms with Gasteiger partial charge < -0.3 is 14.8 Å². The summed E-state index contributed by atoms with van der Waals surface area (Å²) in [6.07, 6.45) is 2.30. The topological polar surface area (TPSA) is 92.1 Å². The van der Waals surface area contributed by atoms with Crippen molar-refractivity contribution in [3.8, 4) is 11.5 Å². The second-order valence-corrected chi connectivity index (χ2v) is 10.0. The van der Waals surface area contributed by atoms with Crippen LogP contribution < -0.4 is 15.1 Å². The maximum atomic E-state index is 13.7. The predicted molar refractivity (Wildman–Crippen MR) is 136 cm³/mol. The van der Waals surface area contributed by atoms with E-state index in [0.29, 0.717) is 36.6 Å². The Kier molecular flexibility index (Phi) is 6.27. The van der Waals surface area contributed by atoms with Crippen LogP contribution in [0.3, 0.4) is 0 Å². The van der Waals surface area contributed by atoms with Crippen LogP contribution in [0.15, 0.2) is 24.3 Å². The number of fused-ring (bicyclic) bond motifs is 1. The summed E-state index contributed by atoms with van der Waals surface area (Å²) in [6.45, 7) is 11.4. The van der Waals surface area contributed by atoms with Crippen LogP contribution in [0, 0.1) is 12.8 Å². The van der Waals surface area contributed by atoms with Crippen LogP contribution in [-0.4, -0.2) is 50.3 Å². The molecule has 0 saturated carbocycles. The normalized spacial score (nSPS) is 17.7. The molecule has 9 heteroatoms. The molecule has 1 atom stereocenters. The second-order valence-electron chi connectivity index (χ2n) is 10.0. The molecule has 5 heterocycles. The summed E-state index contributed by atoms with van der Waals surface area (Å²) in [4.78, 5) is 27.6. The van der Waals surface area contributed by atoms with Crippen molar-refractivity contribution in [1.29, 1.82) is 0 Å². The molecule has 1 fully saturated rings. The Labute approximate surface area is 206 Å². The van der Waals surface area contributed by atoms with Crippen molar-refractivity contribution in [2.45, 2.75) is 66.2 Å². The lowest BCUT2D eigenvalue weighted by molar-refractivity contribution is 0.0996. The first kappa shape index (κ1) is 23.4. The molecule has 3 aromatic heterocycles. The Bertz CT molecular complexity index is 1250. The highest BCUT2D eigenvalue weighted by atomic mass is 16.2. The maximum absolute atomic E-state index is 13.7. The van der Waals surface area contributed by atoms with Crippen LogP contribution in [0.2, 0.25) is 0 Å². The van der Waals surface area contributed by atoms with Crippen LogP contribution in [0.1, 0.15) is 61.1 Å². The predicted octanol–water partition coefficient (Wildman–Crippen LogP) is 3.57. The number of carbonyl (C=O) groups excluding carboxylic acids is 1.